The Balaban J connectivity index is 0.00000324. The normalized spacial score (nSPS) is 10.6. The second-order valence-electron chi connectivity index (χ2n) is 3.59. The molecule has 0 saturated heterocycles. The van der Waals surface area contributed by atoms with Crippen LogP contribution in [0.15, 0.2) is 22.7 Å². The molecule has 0 bridgehead atoms. The fourth-order valence-corrected chi connectivity index (χ4v) is 1.61. The number of benzene rings is 1. The molecule has 0 aromatic heterocycles. The summed E-state index contributed by atoms with van der Waals surface area (Å²) in [6, 6.07) is 4.71. The van der Waals surface area contributed by atoms with Crippen LogP contribution in [0.5, 0.6) is 5.75 Å². The van der Waals surface area contributed by atoms with E-state index < -0.39 is 24.9 Å². The van der Waals surface area contributed by atoms with Gasteiger partial charge in [-0.1, -0.05) is 0 Å². The van der Waals surface area contributed by atoms with E-state index in [-0.39, 0.29) is 18.0 Å². The first kappa shape index (κ1) is 18.1. The molecule has 1 aromatic rings. The van der Waals surface area contributed by atoms with E-state index in [4.69, 9.17) is 10.5 Å². The van der Waals surface area contributed by atoms with Crippen LogP contribution in [-0.2, 0) is 0 Å². The molecular weight excluding hydrogens is 345 g/mol. The first-order valence-electron chi connectivity index (χ1n) is 5.09. The van der Waals surface area contributed by atoms with Gasteiger partial charge < -0.3 is 15.8 Å². The summed E-state index contributed by atoms with van der Waals surface area (Å²) in [5.41, 5.74) is 5.10. The largest absolute Gasteiger partial charge is 0.497 e. The number of nitrogens with one attached hydrogen (secondary N) is 1. The predicted molar refractivity (Wildman–Crippen MR) is 74.3 cm³/mol. The number of carbonyl (C=O) groups excluding carboxylic acids is 1. The van der Waals surface area contributed by atoms with Crippen LogP contribution in [0, 0.1) is 0 Å². The van der Waals surface area contributed by atoms with Crippen molar-refractivity contribution in [3.63, 3.8) is 0 Å². The Morgan fingerprint density at radius 2 is 2.16 bits per heavy atom. The van der Waals surface area contributed by atoms with Crippen LogP contribution in [0.1, 0.15) is 10.4 Å². The molecule has 0 aliphatic carbocycles. The number of methoxy groups -OCH3 is 1. The lowest BCUT2D eigenvalue weighted by atomic mass is 10.2. The molecule has 0 atom stereocenters. The lowest BCUT2D eigenvalue weighted by Crippen LogP contribution is -2.41. The Morgan fingerprint density at radius 1 is 1.53 bits per heavy atom. The summed E-state index contributed by atoms with van der Waals surface area (Å²) in [5.74, 6) is -3.26. The number of hydrogen-bond acceptors (Lipinski definition) is 3. The number of hydrogen-bond donors (Lipinski definition) is 2. The first-order chi connectivity index (χ1) is 8.39. The zero-order valence-electron chi connectivity index (χ0n) is 10.1. The third-order valence-corrected chi connectivity index (χ3v) is 2.92. The van der Waals surface area contributed by atoms with Crippen LogP contribution in [0.4, 0.5) is 8.78 Å². The lowest BCUT2D eigenvalue weighted by molar-refractivity contribution is 0.0118. The molecule has 0 aliphatic rings. The van der Waals surface area contributed by atoms with E-state index in [1.165, 1.54) is 13.2 Å². The molecule has 0 radical (unpaired) electrons. The topological polar surface area (TPSA) is 64.3 Å². The van der Waals surface area contributed by atoms with Gasteiger partial charge in [0.25, 0.3) is 11.8 Å². The van der Waals surface area contributed by atoms with Crippen LogP contribution < -0.4 is 15.8 Å². The molecule has 1 aromatic carbocycles. The van der Waals surface area contributed by atoms with Crippen molar-refractivity contribution in [3.8, 4) is 5.75 Å². The number of amides is 1. The highest BCUT2D eigenvalue weighted by molar-refractivity contribution is 9.10. The van der Waals surface area contributed by atoms with Crippen molar-refractivity contribution in [2.24, 2.45) is 5.73 Å². The highest BCUT2D eigenvalue weighted by Crippen LogP contribution is 2.22. The number of carbonyl (C=O) groups is 1. The minimum atomic E-state index is -3.11. The second kappa shape index (κ2) is 7.62. The second-order valence-corrected chi connectivity index (χ2v) is 4.44. The van der Waals surface area contributed by atoms with Crippen LogP contribution in [0.3, 0.4) is 0 Å². The molecule has 8 heteroatoms. The number of halogens is 4. The highest BCUT2D eigenvalue weighted by Gasteiger charge is 2.27. The zero-order valence-corrected chi connectivity index (χ0v) is 12.5. The molecule has 19 heavy (non-hydrogen) atoms. The maximum absolute atomic E-state index is 12.9. The maximum Gasteiger partial charge on any atom is 0.277 e. The quantitative estimate of drug-likeness (QED) is 0.847. The summed E-state index contributed by atoms with van der Waals surface area (Å²) in [6.07, 6.45) is 0. The minimum absolute atomic E-state index is 0. The molecule has 0 fully saturated rings. The standard InChI is InChI=1S/C11H13BrF2N2O2.ClH/c1-18-7-2-3-9(12)8(4-7)10(17)16-6-11(13,14)5-15;/h2-4H,5-6,15H2,1H3,(H,16,17);1H. The molecule has 0 aliphatic heterocycles. The van der Waals surface area contributed by atoms with Gasteiger partial charge >= 0.3 is 0 Å². The molecule has 4 nitrogen and oxygen atoms in total. The molecule has 1 rings (SSSR count). The van der Waals surface area contributed by atoms with E-state index in [9.17, 15) is 13.6 Å². The number of nitrogens with two attached hydrogens (primary N) is 1. The van der Waals surface area contributed by atoms with E-state index in [0.29, 0.717) is 10.2 Å². The van der Waals surface area contributed by atoms with Gasteiger partial charge in [0.2, 0.25) is 0 Å². The first-order valence-corrected chi connectivity index (χ1v) is 5.88. The molecule has 108 valence electrons. The van der Waals surface area contributed by atoms with Crippen molar-refractivity contribution in [3.05, 3.63) is 28.2 Å². The Hall–Kier alpha value is -0.920. The zero-order chi connectivity index (χ0) is 13.8. The fraction of sp³-hybridized carbons (Fsp3) is 0.364. The van der Waals surface area contributed by atoms with Gasteiger partial charge in [-0.25, -0.2) is 8.78 Å². The van der Waals surface area contributed by atoms with Gasteiger partial charge in [-0.05, 0) is 34.1 Å². The average Bonchev–Trinajstić information content (AvgIpc) is 2.36. The van der Waals surface area contributed by atoms with Gasteiger partial charge in [-0.15, -0.1) is 12.4 Å². The Bertz CT molecular complexity index is 447. The summed E-state index contributed by atoms with van der Waals surface area (Å²) >= 11 is 3.17. The van der Waals surface area contributed by atoms with E-state index in [2.05, 4.69) is 21.2 Å². The molecule has 1 amide bonds. The smallest absolute Gasteiger partial charge is 0.277 e. The van der Waals surface area contributed by atoms with Gasteiger partial charge in [-0.3, -0.25) is 4.79 Å². The molecule has 0 unspecified atom stereocenters. The summed E-state index contributed by atoms with van der Waals surface area (Å²) in [4.78, 5) is 11.7. The van der Waals surface area contributed by atoms with E-state index >= 15 is 0 Å². The van der Waals surface area contributed by atoms with Crippen molar-refractivity contribution in [2.75, 3.05) is 20.2 Å². The maximum atomic E-state index is 12.9. The van der Waals surface area contributed by atoms with Gasteiger partial charge in [0.05, 0.1) is 25.8 Å². The van der Waals surface area contributed by atoms with Crippen molar-refractivity contribution in [1.29, 1.82) is 0 Å². The Kier molecular flexibility index (Phi) is 7.25. The Morgan fingerprint density at radius 3 is 2.68 bits per heavy atom. The van der Waals surface area contributed by atoms with Gasteiger partial charge in [-0.2, -0.15) is 0 Å². The molecule has 0 heterocycles. The van der Waals surface area contributed by atoms with Crippen LogP contribution in [-0.4, -0.2) is 32.0 Å². The van der Waals surface area contributed by atoms with Crippen molar-refractivity contribution in [1.82, 2.24) is 5.32 Å². The third-order valence-electron chi connectivity index (χ3n) is 2.22. The lowest BCUT2D eigenvalue weighted by Gasteiger charge is -2.15. The van der Waals surface area contributed by atoms with E-state index in [0.717, 1.165) is 0 Å². The van der Waals surface area contributed by atoms with Crippen LogP contribution in [0.2, 0.25) is 0 Å². The number of rotatable bonds is 5. The number of ether oxygens (including phenoxy) is 1. The Labute approximate surface area is 124 Å². The summed E-state index contributed by atoms with van der Waals surface area (Å²) in [6.45, 7) is -1.61. The monoisotopic (exact) mass is 358 g/mol. The van der Waals surface area contributed by atoms with Crippen LogP contribution in [0.25, 0.3) is 0 Å². The van der Waals surface area contributed by atoms with Gasteiger partial charge in [0, 0.05) is 4.47 Å². The average molecular weight is 360 g/mol. The summed E-state index contributed by atoms with van der Waals surface area (Å²) in [7, 11) is 1.45. The van der Waals surface area contributed by atoms with Gasteiger partial charge in [0.15, 0.2) is 0 Å². The molecule has 0 saturated carbocycles. The minimum Gasteiger partial charge on any atom is -0.497 e. The van der Waals surface area contributed by atoms with Gasteiger partial charge in [0.1, 0.15) is 5.75 Å². The van der Waals surface area contributed by atoms with E-state index in [1.807, 2.05) is 0 Å². The van der Waals surface area contributed by atoms with E-state index in [1.54, 1.807) is 12.1 Å². The molecule has 0 spiro atoms. The number of alkyl halides is 2. The predicted octanol–water partition coefficient (Wildman–Crippen LogP) is 2.20. The SMILES string of the molecule is COc1ccc(Br)c(C(=O)NCC(F)(F)CN)c1.Cl. The summed E-state index contributed by atoms with van der Waals surface area (Å²) < 4.78 is 31.3. The van der Waals surface area contributed by atoms with Crippen molar-refractivity contribution in [2.45, 2.75) is 5.92 Å². The summed E-state index contributed by atoms with van der Waals surface area (Å²) in [5, 5.41) is 2.13. The third kappa shape index (κ3) is 5.30. The van der Waals surface area contributed by atoms with Crippen molar-refractivity contribution < 1.29 is 18.3 Å². The molecule has 3 N–H and O–H groups in total. The van der Waals surface area contributed by atoms with Crippen molar-refractivity contribution >= 4 is 34.2 Å². The highest BCUT2D eigenvalue weighted by atomic mass is 79.9. The fourth-order valence-electron chi connectivity index (χ4n) is 1.18. The molecular formula is C11H14BrClF2N2O2. The van der Waals surface area contributed by atoms with Crippen LogP contribution >= 0.6 is 28.3 Å².